The first-order chi connectivity index (χ1) is 12.6. The van der Waals surface area contributed by atoms with E-state index in [1.165, 1.54) is 7.11 Å². The zero-order valence-electron chi connectivity index (χ0n) is 13.9. The smallest absolute Gasteiger partial charge is 0.311 e. The van der Waals surface area contributed by atoms with Gasteiger partial charge >= 0.3 is 5.97 Å². The number of fused-ring (bicyclic) bond motifs is 1. The summed E-state index contributed by atoms with van der Waals surface area (Å²) >= 11 is 6.33. The molecule has 0 saturated carbocycles. The average Bonchev–Trinajstić information content (AvgIpc) is 3.25. The highest BCUT2D eigenvalue weighted by atomic mass is 35.5. The Morgan fingerprint density at radius 3 is 2.88 bits per heavy atom. The second-order valence-electron chi connectivity index (χ2n) is 6.08. The monoisotopic (exact) mass is 370 g/mol. The van der Waals surface area contributed by atoms with Gasteiger partial charge in [-0.2, -0.15) is 0 Å². The molecule has 7 heteroatoms. The fourth-order valence-corrected chi connectivity index (χ4v) is 3.31. The number of aromatic nitrogens is 1. The first-order valence-electron chi connectivity index (χ1n) is 8.10. The minimum absolute atomic E-state index is 0.132. The van der Waals surface area contributed by atoms with Gasteiger partial charge in [-0.25, -0.2) is 4.98 Å². The van der Waals surface area contributed by atoms with E-state index in [-0.39, 0.29) is 24.8 Å². The number of benzene rings is 2. The molecular formula is C19H15ClN2O4. The molecule has 1 unspecified atom stereocenters. The van der Waals surface area contributed by atoms with Gasteiger partial charge in [-0.15, -0.1) is 0 Å². The Bertz CT molecular complexity index is 981. The van der Waals surface area contributed by atoms with Crippen LogP contribution in [0.2, 0.25) is 5.02 Å². The van der Waals surface area contributed by atoms with E-state index in [0.29, 0.717) is 27.7 Å². The molecule has 1 atom stereocenters. The van der Waals surface area contributed by atoms with Crippen LogP contribution in [0.3, 0.4) is 0 Å². The predicted molar refractivity (Wildman–Crippen MR) is 96.9 cm³/mol. The van der Waals surface area contributed by atoms with Crippen molar-refractivity contribution < 1.29 is 18.7 Å². The lowest BCUT2D eigenvalue weighted by Gasteiger charge is -2.17. The molecule has 3 aromatic rings. The summed E-state index contributed by atoms with van der Waals surface area (Å²) in [5.74, 6) is -0.592. The Morgan fingerprint density at radius 2 is 2.12 bits per heavy atom. The summed E-state index contributed by atoms with van der Waals surface area (Å²) in [5.41, 5.74) is 2.62. The van der Waals surface area contributed by atoms with Crippen LogP contribution in [0.1, 0.15) is 6.42 Å². The van der Waals surface area contributed by atoms with Crippen molar-refractivity contribution in [3.05, 3.63) is 47.5 Å². The molecule has 1 aliphatic rings. The number of carbonyl (C=O) groups excluding carboxylic acids is 2. The topological polar surface area (TPSA) is 72.6 Å². The number of halogens is 1. The number of oxazole rings is 1. The van der Waals surface area contributed by atoms with Gasteiger partial charge in [-0.1, -0.05) is 23.7 Å². The molecule has 132 valence electrons. The number of hydrogen-bond donors (Lipinski definition) is 0. The number of methoxy groups -OCH3 is 1. The summed E-state index contributed by atoms with van der Waals surface area (Å²) in [4.78, 5) is 30.1. The minimum atomic E-state index is -0.462. The summed E-state index contributed by atoms with van der Waals surface area (Å²) in [6, 6.07) is 12.6. The van der Waals surface area contributed by atoms with Gasteiger partial charge in [0.05, 0.1) is 23.6 Å². The van der Waals surface area contributed by atoms with E-state index in [1.807, 2.05) is 24.3 Å². The Hall–Kier alpha value is -2.86. The summed E-state index contributed by atoms with van der Waals surface area (Å²) in [6.07, 6.45) is 0.132. The minimum Gasteiger partial charge on any atom is -0.469 e. The van der Waals surface area contributed by atoms with E-state index in [1.54, 1.807) is 23.1 Å². The highest BCUT2D eigenvalue weighted by Gasteiger charge is 2.36. The largest absolute Gasteiger partial charge is 0.469 e. The zero-order valence-corrected chi connectivity index (χ0v) is 14.7. The van der Waals surface area contributed by atoms with Crippen molar-refractivity contribution in [2.45, 2.75) is 6.42 Å². The number of para-hydroxylation sites is 2. The molecule has 1 aromatic heterocycles. The molecule has 26 heavy (non-hydrogen) atoms. The Labute approximate surface area is 154 Å². The van der Waals surface area contributed by atoms with E-state index in [4.69, 9.17) is 20.8 Å². The van der Waals surface area contributed by atoms with Crippen LogP contribution in [0, 0.1) is 5.92 Å². The van der Waals surface area contributed by atoms with Crippen molar-refractivity contribution in [2.75, 3.05) is 18.6 Å². The van der Waals surface area contributed by atoms with Gasteiger partial charge in [0.25, 0.3) is 0 Å². The molecule has 0 aliphatic carbocycles. The molecule has 1 aliphatic heterocycles. The van der Waals surface area contributed by atoms with Crippen LogP contribution in [-0.4, -0.2) is 30.5 Å². The van der Waals surface area contributed by atoms with Gasteiger partial charge in [0.1, 0.15) is 5.52 Å². The van der Waals surface area contributed by atoms with Gasteiger partial charge in [-0.05, 0) is 30.3 Å². The van der Waals surface area contributed by atoms with Gasteiger partial charge in [-0.3, -0.25) is 9.59 Å². The molecule has 0 spiro atoms. The molecular weight excluding hydrogens is 356 g/mol. The van der Waals surface area contributed by atoms with E-state index < -0.39 is 5.92 Å². The molecule has 4 rings (SSSR count). The van der Waals surface area contributed by atoms with Crippen molar-refractivity contribution in [1.29, 1.82) is 0 Å². The molecule has 1 amide bonds. The fraction of sp³-hybridized carbons (Fsp3) is 0.211. The third kappa shape index (κ3) is 2.82. The summed E-state index contributed by atoms with van der Waals surface area (Å²) in [6.45, 7) is 0.278. The molecule has 0 radical (unpaired) electrons. The van der Waals surface area contributed by atoms with Crippen LogP contribution in [0.25, 0.3) is 22.6 Å². The van der Waals surface area contributed by atoms with E-state index in [9.17, 15) is 9.59 Å². The Morgan fingerprint density at radius 1 is 1.31 bits per heavy atom. The van der Waals surface area contributed by atoms with Crippen LogP contribution in [0.4, 0.5) is 5.69 Å². The quantitative estimate of drug-likeness (QED) is 0.658. The number of anilines is 1. The SMILES string of the molecule is COC(=O)C1CC(=O)N(c2ccc(Cl)c(-c3nc4ccccc4o3)c2)C1. The van der Waals surface area contributed by atoms with E-state index >= 15 is 0 Å². The van der Waals surface area contributed by atoms with Crippen molar-refractivity contribution >= 4 is 40.3 Å². The predicted octanol–water partition coefficient (Wildman–Crippen LogP) is 3.67. The van der Waals surface area contributed by atoms with Crippen LogP contribution in [0.5, 0.6) is 0 Å². The number of amides is 1. The van der Waals surface area contributed by atoms with Crippen molar-refractivity contribution in [1.82, 2.24) is 4.98 Å². The second-order valence-corrected chi connectivity index (χ2v) is 6.49. The lowest BCUT2D eigenvalue weighted by atomic mass is 10.1. The summed E-state index contributed by atoms with van der Waals surface area (Å²) in [5, 5.41) is 0.469. The summed E-state index contributed by atoms with van der Waals surface area (Å²) < 4.78 is 10.5. The van der Waals surface area contributed by atoms with Crippen LogP contribution in [0.15, 0.2) is 46.9 Å². The number of esters is 1. The van der Waals surface area contributed by atoms with Crippen LogP contribution < -0.4 is 4.90 Å². The highest BCUT2D eigenvalue weighted by Crippen LogP contribution is 2.35. The number of ether oxygens (including phenoxy) is 1. The molecule has 1 fully saturated rings. The zero-order chi connectivity index (χ0) is 18.3. The normalized spacial score (nSPS) is 17.1. The third-order valence-corrected chi connectivity index (χ3v) is 4.78. The average molecular weight is 371 g/mol. The van der Waals surface area contributed by atoms with Crippen LogP contribution >= 0.6 is 11.6 Å². The first-order valence-corrected chi connectivity index (χ1v) is 8.48. The maximum atomic E-state index is 12.3. The lowest BCUT2D eigenvalue weighted by molar-refractivity contribution is -0.145. The molecule has 1 saturated heterocycles. The van der Waals surface area contributed by atoms with E-state index in [0.717, 1.165) is 5.52 Å². The Balaban J connectivity index is 1.70. The van der Waals surface area contributed by atoms with E-state index in [2.05, 4.69) is 4.98 Å². The standard InChI is InChI=1S/C19H15ClN2O4/c1-25-19(24)11-8-17(23)22(10-11)12-6-7-14(20)13(9-12)18-21-15-4-2-3-5-16(15)26-18/h2-7,9,11H,8,10H2,1H3. The first kappa shape index (κ1) is 16.6. The van der Waals surface area contributed by atoms with Gasteiger partial charge in [0.2, 0.25) is 11.8 Å². The molecule has 2 aromatic carbocycles. The van der Waals surface area contributed by atoms with Gasteiger partial charge in [0.15, 0.2) is 5.58 Å². The second kappa shape index (κ2) is 6.46. The lowest BCUT2D eigenvalue weighted by Crippen LogP contribution is -2.26. The maximum absolute atomic E-state index is 12.3. The van der Waals surface area contributed by atoms with Gasteiger partial charge < -0.3 is 14.1 Å². The third-order valence-electron chi connectivity index (χ3n) is 4.45. The molecule has 0 N–H and O–H groups in total. The number of rotatable bonds is 3. The fourth-order valence-electron chi connectivity index (χ4n) is 3.11. The molecule has 2 heterocycles. The van der Waals surface area contributed by atoms with Gasteiger partial charge in [0, 0.05) is 18.7 Å². The number of carbonyl (C=O) groups is 2. The summed E-state index contributed by atoms with van der Waals surface area (Å²) in [7, 11) is 1.32. The highest BCUT2D eigenvalue weighted by molar-refractivity contribution is 6.33. The number of hydrogen-bond acceptors (Lipinski definition) is 5. The maximum Gasteiger partial charge on any atom is 0.311 e. The van der Waals surface area contributed by atoms with Crippen molar-refractivity contribution in [3.8, 4) is 11.5 Å². The van der Waals surface area contributed by atoms with Crippen molar-refractivity contribution in [3.63, 3.8) is 0 Å². The van der Waals surface area contributed by atoms with Crippen molar-refractivity contribution in [2.24, 2.45) is 5.92 Å². The molecule has 6 nitrogen and oxygen atoms in total. The Kier molecular flexibility index (Phi) is 4.12. The molecule has 0 bridgehead atoms. The number of nitrogens with zero attached hydrogens (tertiary/aromatic N) is 2. The van der Waals surface area contributed by atoms with Crippen LogP contribution in [-0.2, 0) is 14.3 Å².